The van der Waals surface area contributed by atoms with Gasteiger partial charge in [0, 0.05) is 36.7 Å². The van der Waals surface area contributed by atoms with Gasteiger partial charge in [0.05, 0.1) is 11.3 Å². The lowest BCUT2D eigenvalue weighted by Crippen LogP contribution is -2.46. The number of rotatable bonds is 10. The number of hydrogen-bond donors (Lipinski definition) is 2. The number of aromatic amines is 1. The van der Waals surface area contributed by atoms with E-state index in [2.05, 4.69) is 10.3 Å². The second-order valence-electron chi connectivity index (χ2n) is 10.3. The van der Waals surface area contributed by atoms with E-state index in [1.807, 2.05) is 44.3 Å². The van der Waals surface area contributed by atoms with E-state index in [0.717, 1.165) is 22.5 Å². The Labute approximate surface area is 236 Å². The Kier molecular flexibility index (Phi) is 9.31. The molecular weight excluding hydrogens is 536 g/mol. The molecule has 1 aromatic heterocycles. The third-order valence-corrected chi connectivity index (χ3v) is 6.64. The van der Waals surface area contributed by atoms with Gasteiger partial charge in [0.25, 0.3) is 0 Å². The van der Waals surface area contributed by atoms with Crippen molar-refractivity contribution in [2.24, 2.45) is 5.92 Å². The Morgan fingerprint density at radius 1 is 0.927 bits per heavy atom. The van der Waals surface area contributed by atoms with E-state index in [1.165, 1.54) is 35.2 Å². The highest BCUT2D eigenvalue weighted by molar-refractivity contribution is 5.93. The summed E-state index contributed by atoms with van der Waals surface area (Å²) in [5.41, 5.74) is 1.34. The Morgan fingerprint density at radius 3 is 2.32 bits per heavy atom. The molecule has 4 rings (SSSR count). The largest absolute Gasteiger partial charge is 0.418 e. The highest BCUT2D eigenvalue weighted by Crippen LogP contribution is 2.34. The maximum atomic E-state index is 13.7. The molecule has 0 atom stereocenters. The summed E-state index contributed by atoms with van der Waals surface area (Å²) in [4.78, 5) is 32.9. The maximum Gasteiger partial charge on any atom is 0.418 e. The van der Waals surface area contributed by atoms with Gasteiger partial charge in [0.1, 0.15) is 12.4 Å². The Hall–Kier alpha value is -4.34. The fourth-order valence-electron chi connectivity index (χ4n) is 4.65. The number of anilines is 1. The Balaban J connectivity index is 1.54. The maximum absolute atomic E-state index is 13.7. The van der Waals surface area contributed by atoms with Crippen LogP contribution in [0.1, 0.15) is 30.5 Å². The molecule has 0 saturated carbocycles. The van der Waals surface area contributed by atoms with Gasteiger partial charge in [-0.1, -0.05) is 56.3 Å². The van der Waals surface area contributed by atoms with E-state index in [9.17, 15) is 27.2 Å². The molecule has 6 nitrogen and oxygen atoms in total. The van der Waals surface area contributed by atoms with Crippen LogP contribution >= 0.6 is 0 Å². The molecule has 2 N–H and O–H groups in total. The minimum atomic E-state index is -4.66. The van der Waals surface area contributed by atoms with E-state index >= 15 is 0 Å². The van der Waals surface area contributed by atoms with Crippen molar-refractivity contribution in [2.45, 2.75) is 33.0 Å². The number of para-hydroxylation sites is 2. The van der Waals surface area contributed by atoms with Crippen LogP contribution in [0.15, 0.2) is 79.0 Å². The minimum absolute atomic E-state index is 0.0526. The summed E-state index contributed by atoms with van der Waals surface area (Å²) in [6.07, 6.45) is -2.25. The fraction of sp³-hybridized carbons (Fsp3) is 0.290. The lowest BCUT2D eigenvalue weighted by molar-refractivity contribution is -0.137. The molecule has 3 amide bonds. The van der Waals surface area contributed by atoms with Crippen LogP contribution in [-0.4, -0.2) is 46.4 Å². The first kappa shape index (κ1) is 29.6. The number of hydrogen-bond acceptors (Lipinski definition) is 2. The quantitative estimate of drug-likeness (QED) is 0.201. The molecule has 0 saturated heterocycles. The number of amides is 3. The zero-order valence-corrected chi connectivity index (χ0v) is 22.8. The molecule has 0 aliphatic rings. The zero-order chi connectivity index (χ0) is 29.6. The molecule has 216 valence electrons. The number of H-pyrrole nitrogens is 1. The molecule has 10 heteroatoms. The van der Waals surface area contributed by atoms with E-state index in [0.29, 0.717) is 18.5 Å². The lowest BCUT2D eigenvalue weighted by atomic mass is 10.1. The number of carbonyl (C=O) groups excluding carboxylic acids is 2. The average Bonchev–Trinajstić information content (AvgIpc) is 3.34. The average molecular weight is 569 g/mol. The van der Waals surface area contributed by atoms with Gasteiger partial charge >= 0.3 is 12.2 Å². The first-order chi connectivity index (χ1) is 19.5. The van der Waals surface area contributed by atoms with Crippen molar-refractivity contribution in [1.29, 1.82) is 0 Å². The van der Waals surface area contributed by atoms with Crippen LogP contribution in [0.3, 0.4) is 0 Å². The van der Waals surface area contributed by atoms with Crippen LogP contribution in [0.5, 0.6) is 0 Å². The zero-order valence-electron chi connectivity index (χ0n) is 22.8. The first-order valence-corrected chi connectivity index (χ1v) is 13.3. The van der Waals surface area contributed by atoms with Crippen molar-refractivity contribution >= 4 is 28.5 Å². The fourth-order valence-corrected chi connectivity index (χ4v) is 4.65. The smallest absolute Gasteiger partial charge is 0.361 e. The van der Waals surface area contributed by atoms with E-state index in [-0.39, 0.29) is 37.1 Å². The predicted octanol–water partition coefficient (Wildman–Crippen LogP) is 7.09. The van der Waals surface area contributed by atoms with Gasteiger partial charge in [0.2, 0.25) is 5.91 Å². The summed E-state index contributed by atoms with van der Waals surface area (Å²) < 4.78 is 54.0. The van der Waals surface area contributed by atoms with Crippen LogP contribution in [0.4, 0.5) is 28.0 Å². The number of halogens is 4. The van der Waals surface area contributed by atoms with Crippen LogP contribution in [-0.2, 0) is 23.9 Å². The van der Waals surface area contributed by atoms with Crippen molar-refractivity contribution < 1.29 is 27.2 Å². The highest BCUT2D eigenvalue weighted by Gasteiger charge is 2.34. The van der Waals surface area contributed by atoms with Gasteiger partial charge in [-0.15, -0.1) is 0 Å². The summed E-state index contributed by atoms with van der Waals surface area (Å²) in [5.74, 6) is -0.832. The predicted molar refractivity (Wildman–Crippen MR) is 151 cm³/mol. The highest BCUT2D eigenvalue weighted by atomic mass is 19.4. The number of carbonyl (C=O) groups is 2. The summed E-state index contributed by atoms with van der Waals surface area (Å²) in [6, 6.07) is 17.5. The summed E-state index contributed by atoms with van der Waals surface area (Å²) in [7, 11) is 0. The van der Waals surface area contributed by atoms with Crippen molar-refractivity contribution in [3.8, 4) is 0 Å². The van der Waals surface area contributed by atoms with Crippen LogP contribution in [0.25, 0.3) is 10.9 Å². The third kappa shape index (κ3) is 7.87. The van der Waals surface area contributed by atoms with Gasteiger partial charge in [-0.3, -0.25) is 4.79 Å². The summed E-state index contributed by atoms with van der Waals surface area (Å²) in [6.45, 7) is 4.00. The molecule has 3 aromatic carbocycles. The van der Waals surface area contributed by atoms with Crippen LogP contribution in [0, 0.1) is 11.7 Å². The number of nitrogens with zero attached hydrogens (tertiary/aromatic N) is 2. The van der Waals surface area contributed by atoms with E-state index in [4.69, 9.17) is 0 Å². The number of fused-ring (bicyclic) bond motifs is 1. The van der Waals surface area contributed by atoms with Gasteiger partial charge in [0.15, 0.2) is 0 Å². The Bertz CT molecular complexity index is 1480. The molecule has 0 spiro atoms. The molecule has 41 heavy (non-hydrogen) atoms. The normalized spacial score (nSPS) is 11.6. The number of alkyl halides is 3. The van der Waals surface area contributed by atoms with Crippen molar-refractivity contribution in [1.82, 2.24) is 14.8 Å². The van der Waals surface area contributed by atoms with Crippen molar-refractivity contribution in [3.05, 3.63) is 102 Å². The number of urea groups is 1. The van der Waals surface area contributed by atoms with Gasteiger partial charge < -0.3 is 20.1 Å². The monoisotopic (exact) mass is 568 g/mol. The molecule has 0 fully saturated rings. The second kappa shape index (κ2) is 12.9. The van der Waals surface area contributed by atoms with Crippen molar-refractivity contribution in [2.75, 3.05) is 25.0 Å². The molecule has 0 bridgehead atoms. The van der Waals surface area contributed by atoms with Crippen molar-refractivity contribution in [3.63, 3.8) is 0 Å². The van der Waals surface area contributed by atoms with E-state index < -0.39 is 23.6 Å². The van der Waals surface area contributed by atoms with E-state index in [1.54, 1.807) is 17.0 Å². The SMILES string of the molecule is CC(C)CN(CC(=O)N(CCc1c[nH]c2ccccc12)Cc1ccc(F)cc1)C(=O)Nc1ccccc1C(F)(F)F. The van der Waals surface area contributed by atoms with Gasteiger partial charge in [-0.2, -0.15) is 13.2 Å². The van der Waals surface area contributed by atoms with Crippen LogP contribution in [0.2, 0.25) is 0 Å². The van der Waals surface area contributed by atoms with Crippen LogP contribution < -0.4 is 5.32 Å². The number of aromatic nitrogens is 1. The molecule has 0 radical (unpaired) electrons. The summed E-state index contributed by atoms with van der Waals surface area (Å²) in [5, 5.41) is 3.38. The molecule has 0 unspecified atom stereocenters. The molecule has 1 heterocycles. The molecule has 4 aromatic rings. The molecule has 0 aliphatic carbocycles. The summed E-state index contributed by atoms with van der Waals surface area (Å²) >= 11 is 0. The Morgan fingerprint density at radius 2 is 1.61 bits per heavy atom. The number of benzene rings is 3. The van der Waals surface area contributed by atoms with Gasteiger partial charge in [-0.05, 0) is 53.8 Å². The third-order valence-electron chi connectivity index (χ3n) is 6.64. The topological polar surface area (TPSA) is 68.4 Å². The molecular formula is C31H32F4N4O2. The minimum Gasteiger partial charge on any atom is -0.361 e. The second-order valence-corrected chi connectivity index (χ2v) is 10.3. The van der Waals surface area contributed by atoms with Gasteiger partial charge in [-0.25, -0.2) is 9.18 Å². The first-order valence-electron chi connectivity index (χ1n) is 13.3. The lowest BCUT2D eigenvalue weighted by Gasteiger charge is -2.29. The standard InChI is InChI=1S/C31H32F4N4O2/c1-21(2)18-39(30(41)37-28-10-6-4-8-26(28)31(33,34)35)20-29(40)38(19-22-11-13-24(32)14-12-22)16-15-23-17-36-27-9-5-3-7-25(23)27/h3-14,17,21,36H,15-16,18-20H2,1-2H3,(H,37,41). The number of nitrogens with one attached hydrogen (secondary N) is 2. The molecule has 0 aliphatic heterocycles.